The van der Waals surface area contributed by atoms with Crippen LogP contribution in [0.1, 0.15) is 24.6 Å². The number of hydrogen-bond acceptors (Lipinski definition) is 4. The monoisotopic (exact) mass is 298 g/mol. The van der Waals surface area contributed by atoms with Crippen molar-refractivity contribution in [3.8, 4) is 5.75 Å². The summed E-state index contributed by atoms with van der Waals surface area (Å²) >= 11 is 0. The SMILES string of the molecule is CCC(O)C1CN(Cc2ccccn2)Cc2ccccc2O1. The molecule has 4 nitrogen and oxygen atoms in total. The number of para-hydroxylation sites is 1. The Kier molecular flexibility index (Phi) is 4.71. The van der Waals surface area contributed by atoms with E-state index in [2.05, 4.69) is 16.0 Å². The molecule has 1 aromatic carbocycles. The van der Waals surface area contributed by atoms with Gasteiger partial charge in [-0.05, 0) is 24.6 Å². The molecule has 1 aromatic heterocycles. The van der Waals surface area contributed by atoms with Gasteiger partial charge in [0.05, 0.1) is 11.8 Å². The van der Waals surface area contributed by atoms with E-state index in [4.69, 9.17) is 4.74 Å². The molecular formula is C18H22N2O2. The van der Waals surface area contributed by atoms with Gasteiger partial charge in [-0.2, -0.15) is 0 Å². The molecule has 0 saturated carbocycles. The maximum atomic E-state index is 10.2. The molecule has 1 aliphatic heterocycles. The Balaban J connectivity index is 1.83. The molecule has 1 N–H and O–H groups in total. The molecule has 2 aromatic rings. The van der Waals surface area contributed by atoms with Gasteiger partial charge in [-0.1, -0.05) is 31.2 Å². The van der Waals surface area contributed by atoms with Gasteiger partial charge >= 0.3 is 0 Å². The Morgan fingerprint density at radius 2 is 2.09 bits per heavy atom. The van der Waals surface area contributed by atoms with Gasteiger partial charge in [-0.25, -0.2) is 0 Å². The van der Waals surface area contributed by atoms with Crippen molar-refractivity contribution >= 4 is 0 Å². The third-order valence-electron chi connectivity index (χ3n) is 4.04. The number of aliphatic hydroxyl groups excluding tert-OH is 1. The first-order valence-corrected chi connectivity index (χ1v) is 7.81. The number of hydrogen-bond donors (Lipinski definition) is 1. The lowest BCUT2D eigenvalue weighted by Gasteiger charge is -2.26. The highest BCUT2D eigenvalue weighted by Crippen LogP contribution is 2.26. The van der Waals surface area contributed by atoms with Crippen LogP contribution in [-0.2, 0) is 13.1 Å². The van der Waals surface area contributed by atoms with E-state index < -0.39 is 6.10 Å². The highest BCUT2D eigenvalue weighted by molar-refractivity contribution is 5.34. The first-order chi connectivity index (χ1) is 10.8. The van der Waals surface area contributed by atoms with Gasteiger partial charge in [0.2, 0.25) is 0 Å². The molecule has 2 unspecified atom stereocenters. The van der Waals surface area contributed by atoms with Crippen molar-refractivity contribution in [2.75, 3.05) is 6.54 Å². The average Bonchev–Trinajstić information content (AvgIpc) is 2.74. The fourth-order valence-corrected chi connectivity index (χ4v) is 2.81. The molecule has 1 aliphatic rings. The van der Waals surface area contributed by atoms with Gasteiger partial charge in [0.15, 0.2) is 0 Å². The fraction of sp³-hybridized carbons (Fsp3) is 0.389. The van der Waals surface area contributed by atoms with Gasteiger partial charge in [-0.15, -0.1) is 0 Å². The smallest absolute Gasteiger partial charge is 0.137 e. The molecule has 0 saturated heterocycles. The van der Waals surface area contributed by atoms with Crippen LogP contribution in [0.25, 0.3) is 0 Å². The lowest BCUT2D eigenvalue weighted by Crippen LogP contribution is -2.40. The van der Waals surface area contributed by atoms with E-state index in [1.54, 1.807) is 0 Å². The number of nitrogens with zero attached hydrogens (tertiary/aromatic N) is 2. The van der Waals surface area contributed by atoms with Gasteiger partial charge < -0.3 is 9.84 Å². The third kappa shape index (κ3) is 3.46. The number of pyridine rings is 1. The second kappa shape index (κ2) is 6.90. The number of ether oxygens (including phenoxy) is 1. The van der Waals surface area contributed by atoms with Crippen molar-refractivity contribution in [2.45, 2.75) is 38.6 Å². The van der Waals surface area contributed by atoms with Crippen LogP contribution >= 0.6 is 0 Å². The molecule has 0 amide bonds. The molecule has 0 bridgehead atoms. The van der Waals surface area contributed by atoms with E-state index in [1.807, 2.05) is 49.5 Å². The van der Waals surface area contributed by atoms with Crippen molar-refractivity contribution in [1.29, 1.82) is 0 Å². The Labute approximate surface area is 131 Å². The maximum absolute atomic E-state index is 10.2. The minimum atomic E-state index is -0.461. The largest absolute Gasteiger partial charge is 0.486 e. The predicted molar refractivity (Wildman–Crippen MR) is 85.5 cm³/mol. The first kappa shape index (κ1) is 15.0. The molecule has 0 aliphatic carbocycles. The van der Waals surface area contributed by atoms with Crippen LogP contribution in [0.15, 0.2) is 48.7 Å². The molecule has 0 fully saturated rings. The minimum absolute atomic E-state index is 0.211. The van der Waals surface area contributed by atoms with Crippen molar-refractivity contribution in [3.63, 3.8) is 0 Å². The molecule has 3 rings (SSSR count). The minimum Gasteiger partial charge on any atom is -0.486 e. The molecule has 0 radical (unpaired) electrons. The van der Waals surface area contributed by atoms with Crippen molar-refractivity contribution in [1.82, 2.24) is 9.88 Å². The molecule has 2 heterocycles. The number of aromatic nitrogens is 1. The normalized spacial score (nSPS) is 19.8. The van der Waals surface area contributed by atoms with Crippen molar-refractivity contribution in [3.05, 3.63) is 59.9 Å². The van der Waals surface area contributed by atoms with Crippen LogP contribution in [0.5, 0.6) is 5.75 Å². The summed E-state index contributed by atoms with van der Waals surface area (Å²) in [5, 5.41) is 10.2. The van der Waals surface area contributed by atoms with E-state index in [9.17, 15) is 5.11 Å². The summed E-state index contributed by atoms with van der Waals surface area (Å²) in [6.07, 6.45) is 1.83. The van der Waals surface area contributed by atoms with E-state index in [0.29, 0.717) is 13.0 Å². The summed E-state index contributed by atoms with van der Waals surface area (Å²) in [5.41, 5.74) is 2.19. The van der Waals surface area contributed by atoms with E-state index in [0.717, 1.165) is 30.1 Å². The lowest BCUT2D eigenvalue weighted by atomic mass is 10.1. The summed E-state index contributed by atoms with van der Waals surface area (Å²) < 4.78 is 6.07. The summed E-state index contributed by atoms with van der Waals surface area (Å²) in [6, 6.07) is 14.0. The predicted octanol–water partition coefficient (Wildman–Crippen LogP) is 2.62. The van der Waals surface area contributed by atoms with Gasteiger partial charge in [0.1, 0.15) is 11.9 Å². The topological polar surface area (TPSA) is 45.6 Å². The Hall–Kier alpha value is -1.91. The maximum Gasteiger partial charge on any atom is 0.137 e. The Morgan fingerprint density at radius 1 is 1.27 bits per heavy atom. The zero-order valence-electron chi connectivity index (χ0n) is 12.9. The third-order valence-corrected chi connectivity index (χ3v) is 4.04. The number of fused-ring (bicyclic) bond motifs is 1. The van der Waals surface area contributed by atoms with E-state index in [1.165, 1.54) is 0 Å². The molecule has 4 heteroatoms. The summed E-state index contributed by atoms with van der Waals surface area (Å²) in [4.78, 5) is 6.69. The Morgan fingerprint density at radius 3 is 2.86 bits per heavy atom. The van der Waals surface area contributed by atoms with Crippen LogP contribution in [0.3, 0.4) is 0 Å². The van der Waals surface area contributed by atoms with Crippen LogP contribution in [0, 0.1) is 0 Å². The zero-order chi connectivity index (χ0) is 15.4. The Bertz CT molecular complexity index is 603. The zero-order valence-corrected chi connectivity index (χ0v) is 12.9. The summed E-state index contributed by atoms with van der Waals surface area (Å²) in [7, 11) is 0. The van der Waals surface area contributed by atoms with Crippen LogP contribution in [-0.4, -0.2) is 33.7 Å². The second-order valence-corrected chi connectivity index (χ2v) is 5.73. The standard InChI is InChI=1S/C18H22N2O2/c1-2-16(21)18-13-20(12-15-8-5-6-10-19-15)11-14-7-3-4-9-17(14)22-18/h3-10,16,18,21H,2,11-13H2,1H3. The van der Waals surface area contributed by atoms with Gasteiger partial charge in [-0.3, -0.25) is 9.88 Å². The van der Waals surface area contributed by atoms with Gasteiger partial charge in [0.25, 0.3) is 0 Å². The summed E-state index contributed by atoms with van der Waals surface area (Å²) in [5.74, 6) is 0.878. The van der Waals surface area contributed by atoms with Crippen LogP contribution in [0.2, 0.25) is 0 Å². The lowest BCUT2D eigenvalue weighted by molar-refractivity contribution is 0.0160. The fourth-order valence-electron chi connectivity index (χ4n) is 2.81. The van der Waals surface area contributed by atoms with E-state index in [-0.39, 0.29) is 6.10 Å². The highest BCUT2D eigenvalue weighted by atomic mass is 16.5. The summed E-state index contributed by atoms with van der Waals surface area (Å²) in [6.45, 7) is 4.24. The average molecular weight is 298 g/mol. The highest BCUT2D eigenvalue weighted by Gasteiger charge is 2.27. The number of aliphatic hydroxyl groups is 1. The number of benzene rings is 1. The molecule has 22 heavy (non-hydrogen) atoms. The molecule has 2 atom stereocenters. The van der Waals surface area contributed by atoms with E-state index >= 15 is 0 Å². The van der Waals surface area contributed by atoms with Crippen molar-refractivity contribution < 1.29 is 9.84 Å². The molecule has 0 spiro atoms. The van der Waals surface area contributed by atoms with Crippen LogP contribution < -0.4 is 4.74 Å². The number of rotatable bonds is 4. The second-order valence-electron chi connectivity index (χ2n) is 5.73. The quantitative estimate of drug-likeness (QED) is 0.942. The molecule has 116 valence electrons. The van der Waals surface area contributed by atoms with Crippen LogP contribution in [0.4, 0.5) is 0 Å². The first-order valence-electron chi connectivity index (χ1n) is 7.81. The molecular weight excluding hydrogens is 276 g/mol. The van der Waals surface area contributed by atoms with Gasteiger partial charge in [0, 0.05) is 31.4 Å². The van der Waals surface area contributed by atoms with Crippen molar-refractivity contribution in [2.24, 2.45) is 0 Å².